The summed E-state index contributed by atoms with van der Waals surface area (Å²) in [5.41, 5.74) is 1.10. The van der Waals surface area contributed by atoms with Crippen LogP contribution >= 0.6 is 0 Å². The van der Waals surface area contributed by atoms with Gasteiger partial charge in [0.1, 0.15) is 0 Å². The van der Waals surface area contributed by atoms with Gasteiger partial charge in [-0.15, -0.1) is 0 Å². The number of nitro benzene ring substituents is 1. The molecule has 2 aromatic rings. The molecule has 1 amide bonds. The van der Waals surface area contributed by atoms with Crippen LogP contribution in [-0.2, 0) is 0 Å². The highest BCUT2D eigenvalue weighted by Gasteiger charge is 2.24. The van der Waals surface area contributed by atoms with E-state index in [9.17, 15) is 14.9 Å². The molecule has 1 aromatic heterocycles. The van der Waals surface area contributed by atoms with Gasteiger partial charge >= 0.3 is 0 Å². The number of benzene rings is 1. The summed E-state index contributed by atoms with van der Waals surface area (Å²) in [5, 5.41) is 18.4. The first kappa shape index (κ1) is 18.1. The lowest BCUT2D eigenvalue weighted by Crippen LogP contribution is -2.41. The van der Waals surface area contributed by atoms with Gasteiger partial charge in [-0.2, -0.15) is 5.10 Å². The topological polar surface area (TPSA) is 93.3 Å². The monoisotopic (exact) mass is 357 g/mol. The van der Waals surface area contributed by atoms with Gasteiger partial charge in [-0.05, 0) is 50.0 Å². The first-order valence-corrected chi connectivity index (χ1v) is 8.89. The summed E-state index contributed by atoms with van der Waals surface area (Å²) in [4.78, 5) is 24.8. The third-order valence-corrected chi connectivity index (χ3v) is 4.72. The predicted octanol–water partition coefficient (Wildman–Crippen LogP) is 2.24. The summed E-state index contributed by atoms with van der Waals surface area (Å²) in [6.07, 6.45) is 3.70. The maximum Gasteiger partial charge on any atom is 0.274 e. The van der Waals surface area contributed by atoms with Gasteiger partial charge in [0.25, 0.3) is 11.6 Å². The number of nitrogens with zero attached hydrogens (tertiary/aromatic N) is 4. The third kappa shape index (κ3) is 4.08. The van der Waals surface area contributed by atoms with Crippen LogP contribution in [0.5, 0.6) is 0 Å². The summed E-state index contributed by atoms with van der Waals surface area (Å²) in [6, 6.07) is 7.77. The summed E-state index contributed by atoms with van der Waals surface area (Å²) in [5.74, 6) is 0.559. The Bertz CT molecular complexity index is 763. The molecule has 0 bridgehead atoms. The van der Waals surface area contributed by atoms with Gasteiger partial charge in [-0.3, -0.25) is 14.9 Å². The quantitative estimate of drug-likeness (QED) is 0.632. The minimum atomic E-state index is -0.443. The minimum absolute atomic E-state index is 0.0256. The second kappa shape index (κ2) is 8.09. The average molecular weight is 357 g/mol. The van der Waals surface area contributed by atoms with Crippen molar-refractivity contribution in [2.24, 2.45) is 5.92 Å². The lowest BCUT2D eigenvalue weighted by atomic mass is 9.96. The maximum atomic E-state index is 12.7. The Kier molecular flexibility index (Phi) is 5.62. The summed E-state index contributed by atoms with van der Waals surface area (Å²) in [7, 11) is 0. The van der Waals surface area contributed by atoms with E-state index in [1.807, 2.05) is 4.90 Å². The van der Waals surface area contributed by atoms with Crippen LogP contribution in [0, 0.1) is 16.0 Å². The van der Waals surface area contributed by atoms with Gasteiger partial charge in [-0.25, -0.2) is 4.68 Å². The standard InChI is InChI=1S/C18H23N5O3/c1-2-19-13-14-7-10-21(11-8-14)18(24)17-9-12-22(20-17)15-3-5-16(6-4-15)23(25)26/h3-6,9,12,14,19H,2,7-8,10-11,13H2,1H3. The van der Waals surface area contributed by atoms with Crippen molar-refractivity contribution in [2.45, 2.75) is 19.8 Å². The van der Waals surface area contributed by atoms with Crippen LogP contribution in [0.3, 0.4) is 0 Å². The van der Waals surface area contributed by atoms with Crippen molar-refractivity contribution in [3.05, 3.63) is 52.3 Å². The number of hydrogen-bond donors (Lipinski definition) is 1. The first-order chi connectivity index (χ1) is 12.6. The lowest BCUT2D eigenvalue weighted by Gasteiger charge is -2.31. The van der Waals surface area contributed by atoms with Gasteiger partial charge in [-0.1, -0.05) is 6.92 Å². The molecular formula is C18H23N5O3. The first-order valence-electron chi connectivity index (χ1n) is 8.89. The SMILES string of the molecule is CCNCC1CCN(C(=O)c2ccn(-c3ccc([N+](=O)[O-])cc3)n2)CC1. The number of piperidine rings is 1. The number of likely N-dealkylation sites (tertiary alicyclic amines) is 1. The molecule has 3 rings (SSSR count). The Morgan fingerprint density at radius 3 is 2.58 bits per heavy atom. The average Bonchev–Trinajstić information content (AvgIpc) is 3.16. The van der Waals surface area contributed by atoms with E-state index in [2.05, 4.69) is 17.3 Å². The second-order valence-electron chi connectivity index (χ2n) is 6.46. The summed E-state index contributed by atoms with van der Waals surface area (Å²) in [6.45, 7) is 5.57. The highest BCUT2D eigenvalue weighted by Crippen LogP contribution is 2.19. The number of nitro groups is 1. The smallest absolute Gasteiger partial charge is 0.274 e. The van der Waals surface area contributed by atoms with E-state index in [0.29, 0.717) is 17.3 Å². The van der Waals surface area contributed by atoms with E-state index < -0.39 is 4.92 Å². The zero-order chi connectivity index (χ0) is 18.5. The number of hydrogen-bond acceptors (Lipinski definition) is 5. The van der Waals surface area contributed by atoms with Crippen molar-refractivity contribution in [3.63, 3.8) is 0 Å². The Hall–Kier alpha value is -2.74. The summed E-state index contributed by atoms with van der Waals surface area (Å²) >= 11 is 0. The zero-order valence-corrected chi connectivity index (χ0v) is 14.8. The fraction of sp³-hybridized carbons (Fsp3) is 0.444. The van der Waals surface area contributed by atoms with Crippen LogP contribution < -0.4 is 5.32 Å². The predicted molar refractivity (Wildman–Crippen MR) is 97.4 cm³/mol. The van der Waals surface area contributed by atoms with E-state index in [4.69, 9.17) is 0 Å². The van der Waals surface area contributed by atoms with Crippen LogP contribution in [0.4, 0.5) is 5.69 Å². The van der Waals surface area contributed by atoms with E-state index >= 15 is 0 Å². The number of nitrogens with one attached hydrogen (secondary N) is 1. The molecule has 0 aliphatic carbocycles. The number of non-ortho nitro benzene ring substituents is 1. The fourth-order valence-corrected chi connectivity index (χ4v) is 3.16. The number of aromatic nitrogens is 2. The van der Waals surface area contributed by atoms with Crippen LogP contribution in [0.25, 0.3) is 5.69 Å². The van der Waals surface area contributed by atoms with Crippen LogP contribution in [0.2, 0.25) is 0 Å². The van der Waals surface area contributed by atoms with Gasteiger partial charge < -0.3 is 10.2 Å². The van der Waals surface area contributed by atoms with Crippen molar-refractivity contribution in [2.75, 3.05) is 26.2 Å². The van der Waals surface area contributed by atoms with Crippen molar-refractivity contribution in [1.82, 2.24) is 20.0 Å². The largest absolute Gasteiger partial charge is 0.337 e. The molecule has 0 spiro atoms. The Labute approximate surface area is 151 Å². The molecule has 1 aromatic carbocycles. The zero-order valence-electron chi connectivity index (χ0n) is 14.8. The molecule has 8 nitrogen and oxygen atoms in total. The molecule has 0 unspecified atom stereocenters. The Morgan fingerprint density at radius 1 is 1.27 bits per heavy atom. The van der Waals surface area contributed by atoms with Crippen molar-refractivity contribution < 1.29 is 9.72 Å². The molecule has 138 valence electrons. The number of rotatable bonds is 6. The molecule has 26 heavy (non-hydrogen) atoms. The minimum Gasteiger partial charge on any atom is -0.337 e. The van der Waals surface area contributed by atoms with Crippen molar-refractivity contribution in [3.8, 4) is 5.69 Å². The van der Waals surface area contributed by atoms with Crippen LogP contribution in [0.1, 0.15) is 30.3 Å². The molecule has 0 radical (unpaired) electrons. The van der Waals surface area contributed by atoms with Crippen LogP contribution in [-0.4, -0.2) is 51.7 Å². The molecule has 2 heterocycles. The lowest BCUT2D eigenvalue weighted by molar-refractivity contribution is -0.384. The van der Waals surface area contributed by atoms with E-state index in [-0.39, 0.29) is 11.6 Å². The fourth-order valence-electron chi connectivity index (χ4n) is 3.16. The molecule has 1 aliphatic rings. The molecule has 8 heteroatoms. The molecule has 1 aliphatic heterocycles. The molecule has 0 atom stereocenters. The summed E-state index contributed by atoms with van der Waals surface area (Å²) < 4.78 is 1.56. The van der Waals surface area contributed by atoms with Crippen LogP contribution in [0.15, 0.2) is 36.5 Å². The van der Waals surface area contributed by atoms with E-state index in [1.165, 1.54) is 12.1 Å². The van der Waals surface area contributed by atoms with Crippen molar-refractivity contribution >= 4 is 11.6 Å². The Morgan fingerprint density at radius 2 is 1.96 bits per heavy atom. The van der Waals surface area contributed by atoms with Gasteiger partial charge in [0.2, 0.25) is 0 Å². The normalized spacial score (nSPS) is 15.2. The molecule has 1 fully saturated rings. The number of amides is 1. The van der Waals surface area contributed by atoms with Gasteiger partial charge in [0.15, 0.2) is 5.69 Å². The van der Waals surface area contributed by atoms with Crippen molar-refractivity contribution in [1.29, 1.82) is 0 Å². The highest BCUT2D eigenvalue weighted by molar-refractivity contribution is 5.92. The van der Waals surface area contributed by atoms with Gasteiger partial charge in [0, 0.05) is 31.4 Å². The van der Waals surface area contributed by atoms with E-state index in [0.717, 1.165) is 39.0 Å². The number of carbonyl (C=O) groups is 1. The third-order valence-electron chi connectivity index (χ3n) is 4.72. The second-order valence-corrected chi connectivity index (χ2v) is 6.46. The molecular weight excluding hydrogens is 334 g/mol. The molecule has 0 saturated carbocycles. The Balaban J connectivity index is 1.62. The number of carbonyl (C=O) groups excluding carboxylic acids is 1. The highest BCUT2D eigenvalue weighted by atomic mass is 16.6. The van der Waals surface area contributed by atoms with E-state index in [1.54, 1.807) is 29.1 Å². The molecule has 1 N–H and O–H groups in total. The maximum absolute atomic E-state index is 12.7. The van der Waals surface area contributed by atoms with Gasteiger partial charge in [0.05, 0.1) is 10.6 Å². The molecule has 1 saturated heterocycles.